The summed E-state index contributed by atoms with van der Waals surface area (Å²) in [6, 6.07) is 8.59. The summed E-state index contributed by atoms with van der Waals surface area (Å²) in [5.74, 6) is 0.861. The van der Waals surface area contributed by atoms with Crippen LogP contribution < -0.4 is 0 Å². The molecule has 0 radical (unpaired) electrons. The Morgan fingerprint density at radius 2 is 1.94 bits per heavy atom. The molecule has 86 valence electrons. The van der Waals surface area contributed by atoms with E-state index in [9.17, 15) is 0 Å². The van der Waals surface area contributed by atoms with Crippen LogP contribution in [0.1, 0.15) is 31.9 Å². The number of benzene rings is 1. The number of hydrogen-bond donors (Lipinski definition) is 0. The zero-order chi connectivity index (χ0) is 11.8. The summed E-state index contributed by atoms with van der Waals surface area (Å²) in [5.41, 5.74) is 1.30. The molecule has 3 heteroatoms. The summed E-state index contributed by atoms with van der Waals surface area (Å²) in [6.45, 7) is 4.35. The molecule has 2 rings (SSSR count). The topological polar surface area (TPSA) is 21.6 Å². The first-order valence-electron chi connectivity index (χ1n) is 5.41. The molecule has 0 N–H and O–H groups in total. The second kappa shape index (κ2) is 4.21. The molecule has 0 aliphatic carbocycles. The van der Waals surface area contributed by atoms with Crippen molar-refractivity contribution in [2.24, 2.45) is 10.4 Å². The van der Waals surface area contributed by atoms with E-state index >= 15 is 0 Å². The van der Waals surface area contributed by atoms with Crippen LogP contribution in [0.3, 0.4) is 0 Å². The Morgan fingerprint density at radius 3 is 2.44 bits per heavy atom. The van der Waals surface area contributed by atoms with Gasteiger partial charge in [-0.1, -0.05) is 41.9 Å². The standard InChI is InChI=1S/C13H16BrNO/c1-13(2)8-11(15-12(13)16-3)9-4-6-10(14)7-5-9/h4-7,11H,8H2,1-3H3. The number of methoxy groups -OCH3 is 1. The van der Waals surface area contributed by atoms with E-state index < -0.39 is 0 Å². The Hall–Kier alpha value is -0.830. The van der Waals surface area contributed by atoms with Crippen LogP contribution in [0.2, 0.25) is 0 Å². The SMILES string of the molecule is COC1=NC(c2ccc(Br)cc2)CC1(C)C. The average Bonchev–Trinajstić information content (AvgIpc) is 2.54. The summed E-state index contributed by atoms with van der Waals surface area (Å²) in [6.07, 6.45) is 1.01. The molecule has 1 aliphatic rings. The summed E-state index contributed by atoms with van der Waals surface area (Å²) >= 11 is 3.44. The Balaban J connectivity index is 2.26. The first kappa shape index (κ1) is 11.6. The van der Waals surface area contributed by atoms with Gasteiger partial charge in [0.25, 0.3) is 0 Å². The predicted molar refractivity (Wildman–Crippen MR) is 69.7 cm³/mol. The number of halogens is 1. The van der Waals surface area contributed by atoms with Gasteiger partial charge in [0.15, 0.2) is 5.90 Å². The van der Waals surface area contributed by atoms with Gasteiger partial charge in [-0.3, -0.25) is 0 Å². The van der Waals surface area contributed by atoms with Crippen molar-refractivity contribution >= 4 is 21.8 Å². The van der Waals surface area contributed by atoms with E-state index in [2.05, 4.69) is 59.0 Å². The minimum Gasteiger partial charge on any atom is -0.484 e. The van der Waals surface area contributed by atoms with E-state index in [0.29, 0.717) is 0 Å². The molecule has 0 saturated carbocycles. The van der Waals surface area contributed by atoms with Gasteiger partial charge in [-0.15, -0.1) is 0 Å². The van der Waals surface area contributed by atoms with Crippen LogP contribution >= 0.6 is 15.9 Å². The summed E-state index contributed by atoms with van der Waals surface area (Å²) in [4.78, 5) is 4.64. The van der Waals surface area contributed by atoms with Crippen LogP contribution in [0.15, 0.2) is 33.7 Å². The molecule has 2 nitrogen and oxygen atoms in total. The number of rotatable bonds is 1. The summed E-state index contributed by atoms with van der Waals surface area (Å²) < 4.78 is 6.44. The van der Waals surface area contributed by atoms with E-state index in [4.69, 9.17) is 4.74 Å². The van der Waals surface area contributed by atoms with Crippen molar-refractivity contribution in [1.29, 1.82) is 0 Å². The number of ether oxygens (including phenoxy) is 1. The van der Waals surface area contributed by atoms with Gasteiger partial charge in [0, 0.05) is 9.89 Å². The molecule has 1 aliphatic heterocycles. The molecule has 0 amide bonds. The van der Waals surface area contributed by atoms with Gasteiger partial charge < -0.3 is 4.74 Å². The molecule has 0 aromatic heterocycles. The fourth-order valence-corrected chi connectivity index (χ4v) is 2.40. The zero-order valence-corrected chi connectivity index (χ0v) is 11.4. The smallest absolute Gasteiger partial charge is 0.189 e. The third-order valence-corrected chi connectivity index (χ3v) is 3.53. The predicted octanol–water partition coefficient (Wildman–Crippen LogP) is 3.97. The van der Waals surface area contributed by atoms with Crippen molar-refractivity contribution < 1.29 is 4.74 Å². The molecule has 16 heavy (non-hydrogen) atoms. The molecule has 1 aromatic rings. The minimum absolute atomic E-state index is 0.0481. The first-order valence-corrected chi connectivity index (χ1v) is 6.20. The second-order valence-electron chi connectivity index (χ2n) is 4.79. The zero-order valence-electron chi connectivity index (χ0n) is 9.83. The van der Waals surface area contributed by atoms with E-state index in [-0.39, 0.29) is 11.5 Å². The van der Waals surface area contributed by atoms with Crippen molar-refractivity contribution in [2.45, 2.75) is 26.3 Å². The van der Waals surface area contributed by atoms with E-state index in [0.717, 1.165) is 16.8 Å². The maximum atomic E-state index is 5.34. The third kappa shape index (κ3) is 2.14. The molecule has 1 atom stereocenters. The molecule has 0 bridgehead atoms. The number of hydrogen-bond acceptors (Lipinski definition) is 2. The molecule has 1 heterocycles. The van der Waals surface area contributed by atoms with E-state index in [1.807, 2.05) is 0 Å². The lowest BCUT2D eigenvalue weighted by atomic mass is 9.87. The van der Waals surface area contributed by atoms with Gasteiger partial charge in [0.05, 0.1) is 13.2 Å². The van der Waals surface area contributed by atoms with Crippen LogP contribution in [0, 0.1) is 5.41 Å². The maximum Gasteiger partial charge on any atom is 0.189 e. The fourth-order valence-electron chi connectivity index (χ4n) is 2.14. The highest BCUT2D eigenvalue weighted by Gasteiger charge is 2.36. The second-order valence-corrected chi connectivity index (χ2v) is 5.71. The van der Waals surface area contributed by atoms with Gasteiger partial charge in [-0.25, -0.2) is 4.99 Å². The minimum atomic E-state index is 0.0481. The molecule has 0 fully saturated rings. The van der Waals surface area contributed by atoms with Gasteiger partial charge in [-0.2, -0.15) is 0 Å². The number of aliphatic imine (C=N–C) groups is 1. The highest BCUT2D eigenvalue weighted by Crippen LogP contribution is 2.40. The van der Waals surface area contributed by atoms with Crippen molar-refractivity contribution in [1.82, 2.24) is 0 Å². The maximum absolute atomic E-state index is 5.34. The lowest BCUT2D eigenvalue weighted by molar-refractivity contribution is 0.330. The lowest BCUT2D eigenvalue weighted by Gasteiger charge is -2.18. The van der Waals surface area contributed by atoms with Crippen molar-refractivity contribution in [3.05, 3.63) is 34.3 Å². The molecule has 0 spiro atoms. The summed E-state index contributed by atoms with van der Waals surface area (Å²) in [5, 5.41) is 0. The highest BCUT2D eigenvalue weighted by molar-refractivity contribution is 9.10. The largest absolute Gasteiger partial charge is 0.484 e. The van der Waals surface area contributed by atoms with E-state index in [1.165, 1.54) is 5.56 Å². The van der Waals surface area contributed by atoms with Gasteiger partial charge >= 0.3 is 0 Å². The normalized spacial score (nSPS) is 23.0. The van der Waals surface area contributed by atoms with Crippen LogP contribution in [-0.4, -0.2) is 13.0 Å². The average molecular weight is 282 g/mol. The molecule has 1 unspecified atom stereocenters. The third-order valence-electron chi connectivity index (χ3n) is 3.00. The molecule has 0 saturated heterocycles. The fraction of sp³-hybridized carbons (Fsp3) is 0.462. The van der Waals surface area contributed by atoms with Crippen LogP contribution in [0.5, 0.6) is 0 Å². The lowest BCUT2D eigenvalue weighted by Crippen LogP contribution is -2.21. The summed E-state index contributed by atoms with van der Waals surface area (Å²) in [7, 11) is 1.70. The highest BCUT2D eigenvalue weighted by atomic mass is 79.9. The van der Waals surface area contributed by atoms with Crippen molar-refractivity contribution in [3.8, 4) is 0 Å². The van der Waals surface area contributed by atoms with Gasteiger partial charge in [-0.05, 0) is 24.1 Å². The van der Waals surface area contributed by atoms with E-state index in [1.54, 1.807) is 7.11 Å². The Labute approximate surface area is 105 Å². The number of nitrogens with zero attached hydrogens (tertiary/aromatic N) is 1. The van der Waals surface area contributed by atoms with Gasteiger partial charge in [0.2, 0.25) is 0 Å². The van der Waals surface area contributed by atoms with Crippen LogP contribution in [0.4, 0.5) is 0 Å². The monoisotopic (exact) mass is 281 g/mol. The Kier molecular flexibility index (Phi) is 3.06. The first-order chi connectivity index (χ1) is 7.53. The molecular weight excluding hydrogens is 266 g/mol. The van der Waals surface area contributed by atoms with Crippen LogP contribution in [-0.2, 0) is 4.74 Å². The molecular formula is C13H16BrNO. The Morgan fingerprint density at radius 1 is 1.31 bits per heavy atom. The van der Waals surface area contributed by atoms with Gasteiger partial charge in [0.1, 0.15) is 0 Å². The quantitative estimate of drug-likeness (QED) is 0.764. The molecule has 1 aromatic carbocycles. The Bertz CT molecular complexity index is 408. The van der Waals surface area contributed by atoms with Crippen LogP contribution in [0.25, 0.3) is 0 Å². The van der Waals surface area contributed by atoms with Crippen molar-refractivity contribution in [2.75, 3.05) is 7.11 Å². The van der Waals surface area contributed by atoms with Crippen molar-refractivity contribution in [3.63, 3.8) is 0 Å².